The number of aliphatic hydroxyl groups is 1. The molecule has 0 saturated carbocycles. The van der Waals surface area contributed by atoms with Crippen LogP contribution in [0.5, 0.6) is 0 Å². The van der Waals surface area contributed by atoms with E-state index in [1.54, 1.807) is 0 Å². The lowest BCUT2D eigenvalue weighted by Gasteiger charge is -2.23. The Hall–Kier alpha value is -1.55. The Morgan fingerprint density at radius 2 is 2.32 bits per heavy atom. The van der Waals surface area contributed by atoms with Crippen LogP contribution in [0.15, 0.2) is 18.2 Å². The zero-order valence-corrected chi connectivity index (χ0v) is 11.4. The maximum Gasteiger partial charge on any atom is 0.319 e. The summed E-state index contributed by atoms with van der Waals surface area (Å²) in [7, 11) is 0. The number of anilines is 1. The monoisotopic (exact) mass is 262 g/mol. The SMILES string of the molecule is CCCCNC(=O)Nc1cccc2c1CC(O)CC2. The number of aliphatic hydroxyl groups excluding tert-OH is 1. The lowest BCUT2D eigenvalue weighted by atomic mass is 9.88. The fourth-order valence-corrected chi connectivity index (χ4v) is 2.43. The number of unbranched alkanes of at least 4 members (excludes halogenated alkanes) is 1. The van der Waals surface area contributed by atoms with Crippen LogP contribution in [0, 0.1) is 0 Å². The van der Waals surface area contributed by atoms with Gasteiger partial charge in [-0.25, -0.2) is 4.79 Å². The second kappa shape index (κ2) is 6.57. The molecule has 0 aromatic heterocycles. The first-order valence-corrected chi connectivity index (χ1v) is 7.04. The summed E-state index contributed by atoms with van der Waals surface area (Å²) >= 11 is 0. The Morgan fingerprint density at radius 1 is 1.47 bits per heavy atom. The predicted molar refractivity (Wildman–Crippen MR) is 76.4 cm³/mol. The topological polar surface area (TPSA) is 61.4 Å². The molecular weight excluding hydrogens is 240 g/mol. The first kappa shape index (κ1) is 13.9. The largest absolute Gasteiger partial charge is 0.393 e. The van der Waals surface area contributed by atoms with Gasteiger partial charge in [0.25, 0.3) is 0 Å². The number of aryl methyl sites for hydroxylation is 1. The van der Waals surface area contributed by atoms with E-state index in [1.165, 1.54) is 5.56 Å². The molecule has 0 saturated heterocycles. The van der Waals surface area contributed by atoms with Crippen molar-refractivity contribution in [3.05, 3.63) is 29.3 Å². The fourth-order valence-electron chi connectivity index (χ4n) is 2.43. The lowest BCUT2D eigenvalue weighted by Crippen LogP contribution is -2.30. The summed E-state index contributed by atoms with van der Waals surface area (Å²) in [6.45, 7) is 2.79. The number of carbonyl (C=O) groups excluding carboxylic acids is 1. The van der Waals surface area contributed by atoms with Gasteiger partial charge in [-0.05, 0) is 36.5 Å². The van der Waals surface area contributed by atoms with Crippen LogP contribution in [0.2, 0.25) is 0 Å². The van der Waals surface area contributed by atoms with Crippen LogP contribution < -0.4 is 10.6 Å². The third kappa shape index (κ3) is 3.70. The van der Waals surface area contributed by atoms with E-state index in [2.05, 4.69) is 23.6 Å². The third-order valence-electron chi connectivity index (χ3n) is 3.52. The highest BCUT2D eigenvalue weighted by molar-refractivity contribution is 5.90. The van der Waals surface area contributed by atoms with Crippen molar-refractivity contribution in [2.45, 2.75) is 45.1 Å². The molecular formula is C15H22N2O2. The van der Waals surface area contributed by atoms with E-state index in [0.29, 0.717) is 13.0 Å². The molecule has 0 bridgehead atoms. The average molecular weight is 262 g/mol. The fraction of sp³-hybridized carbons (Fsp3) is 0.533. The molecule has 2 rings (SSSR count). The minimum Gasteiger partial charge on any atom is -0.393 e. The van der Waals surface area contributed by atoms with E-state index in [9.17, 15) is 9.90 Å². The minimum absolute atomic E-state index is 0.165. The molecule has 1 unspecified atom stereocenters. The van der Waals surface area contributed by atoms with Crippen molar-refractivity contribution >= 4 is 11.7 Å². The first-order chi connectivity index (χ1) is 9.20. The molecule has 1 atom stereocenters. The summed E-state index contributed by atoms with van der Waals surface area (Å²) in [6.07, 6.45) is 4.06. The van der Waals surface area contributed by atoms with Gasteiger partial charge in [0, 0.05) is 18.7 Å². The van der Waals surface area contributed by atoms with Crippen molar-refractivity contribution in [2.75, 3.05) is 11.9 Å². The molecule has 1 aromatic rings. The van der Waals surface area contributed by atoms with Gasteiger partial charge in [0.15, 0.2) is 0 Å². The third-order valence-corrected chi connectivity index (χ3v) is 3.52. The zero-order valence-electron chi connectivity index (χ0n) is 11.4. The highest BCUT2D eigenvalue weighted by atomic mass is 16.3. The molecule has 1 aliphatic rings. The molecule has 104 valence electrons. The second-order valence-electron chi connectivity index (χ2n) is 5.07. The number of amides is 2. The van der Waals surface area contributed by atoms with Crippen LogP contribution in [0.1, 0.15) is 37.3 Å². The lowest BCUT2D eigenvalue weighted by molar-refractivity contribution is 0.159. The van der Waals surface area contributed by atoms with E-state index < -0.39 is 0 Å². The normalized spacial score (nSPS) is 17.7. The number of rotatable bonds is 4. The highest BCUT2D eigenvalue weighted by Gasteiger charge is 2.19. The summed E-state index contributed by atoms with van der Waals surface area (Å²) in [6, 6.07) is 5.76. The van der Waals surface area contributed by atoms with Gasteiger partial charge in [0.1, 0.15) is 0 Å². The van der Waals surface area contributed by atoms with Gasteiger partial charge in [-0.3, -0.25) is 0 Å². The van der Waals surface area contributed by atoms with Gasteiger partial charge in [-0.1, -0.05) is 25.5 Å². The zero-order chi connectivity index (χ0) is 13.7. The molecule has 0 spiro atoms. The maximum absolute atomic E-state index is 11.8. The van der Waals surface area contributed by atoms with E-state index >= 15 is 0 Å². The second-order valence-corrected chi connectivity index (χ2v) is 5.07. The molecule has 0 radical (unpaired) electrons. The molecule has 4 nitrogen and oxygen atoms in total. The number of fused-ring (bicyclic) bond motifs is 1. The summed E-state index contributed by atoms with van der Waals surface area (Å²) in [5.74, 6) is 0. The quantitative estimate of drug-likeness (QED) is 0.730. The molecule has 0 heterocycles. The minimum atomic E-state index is -0.293. The van der Waals surface area contributed by atoms with Gasteiger partial charge < -0.3 is 15.7 Å². The molecule has 19 heavy (non-hydrogen) atoms. The van der Waals surface area contributed by atoms with E-state index in [-0.39, 0.29) is 12.1 Å². The number of nitrogens with one attached hydrogen (secondary N) is 2. The number of hydrogen-bond acceptors (Lipinski definition) is 2. The maximum atomic E-state index is 11.8. The highest BCUT2D eigenvalue weighted by Crippen LogP contribution is 2.28. The number of hydrogen-bond donors (Lipinski definition) is 3. The molecule has 3 N–H and O–H groups in total. The van der Waals surface area contributed by atoms with Crippen LogP contribution in [-0.4, -0.2) is 23.8 Å². The van der Waals surface area contributed by atoms with Crippen molar-refractivity contribution in [3.63, 3.8) is 0 Å². The van der Waals surface area contributed by atoms with E-state index in [1.807, 2.05) is 12.1 Å². The Labute approximate surface area is 114 Å². The van der Waals surface area contributed by atoms with Crippen LogP contribution >= 0.6 is 0 Å². The number of benzene rings is 1. The first-order valence-electron chi connectivity index (χ1n) is 7.04. The van der Waals surface area contributed by atoms with Crippen LogP contribution in [0.3, 0.4) is 0 Å². The Morgan fingerprint density at radius 3 is 3.11 bits per heavy atom. The molecule has 0 aliphatic heterocycles. The van der Waals surface area contributed by atoms with Crippen LogP contribution in [0.4, 0.5) is 10.5 Å². The Kier molecular flexibility index (Phi) is 4.80. The van der Waals surface area contributed by atoms with Gasteiger partial charge in [-0.2, -0.15) is 0 Å². The summed E-state index contributed by atoms with van der Waals surface area (Å²) in [4.78, 5) is 11.8. The van der Waals surface area contributed by atoms with Gasteiger partial charge in [-0.15, -0.1) is 0 Å². The van der Waals surface area contributed by atoms with Crippen molar-refractivity contribution in [2.24, 2.45) is 0 Å². The van der Waals surface area contributed by atoms with Gasteiger partial charge in [0.2, 0.25) is 0 Å². The van der Waals surface area contributed by atoms with Gasteiger partial charge >= 0.3 is 6.03 Å². The predicted octanol–water partition coefficient (Wildman–Crippen LogP) is 2.46. The Balaban J connectivity index is 2.02. The summed E-state index contributed by atoms with van der Waals surface area (Å²) in [5.41, 5.74) is 3.13. The van der Waals surface area contributed by atoms with Crippen molar-refractivity contribution < 1.29 is 9.90 Å². The summed E-state index contributed by atoms with van der Waals surface area (Å²) in [5, 5.41) is 15.5. The molecule has 4 heteroatoms. The molecule has 1 aliphatic carbocycles. The van der Waals surface area contributed by atoms with Crippen LogP contribution in [-0.2, 0) is 12.8 Å². The van der Waals surface area contributed by atoms with Gasteiger partial charge in [0.05, 0.1) is 6.10 Å². The number of urea groups is 1. The number of carbonyl (C=O) groups is 1. The standard InChI is InChI=1S/C15H22N2O2/c1-2-3-9-16-15(19)17-14-6-4-5-11-7-8-12(18)10-13(11)14/h4-6,12,18H,2-3,7-10H2,1H3,(H2,16,17,19). The Bertz CT molecular complexity index is 446. The van der Waals surface area contributed by atoms with Crippen LogP contribution in [0.25, 0.3) is 0 Å². The van der Waals surface area contributed by atoms with E-state index in [0.717, 1.165) is 36.9 Å². The molecule has 1 aromatic carbocycles. The van der Waals surface area contributed by atoms with E-state index in [4.69, 9.17) is 0 Å². The van der Waals surface area contributed by atoms with Crippen molar-refractivity contribution in [1.82, 2.24) is 5.32 Å². The van der Waals surface area contributed by atoms with Crippen molar-refractivity contribution in [1.29, 1.82) is 0 Å². The average Bonchev–Trinajstić information content (AvgIpc) is 2.40. The van der Waals surface area contributed by atoms with Crippen molar-refractivity contribution in [3.8, 4) is 0 Å². The smallest absolute Gasteiger partial charge is 0.319 e. The molecule has 2 amide bonds. The molecule has 0 fully saturated rings. The summed E-state index contributed by atoms with van der Waals surface area (Å²) < 4.78 is 0.